The number of urea groups is 1. The van der Waals surface area contributed by atoms with Gasteiger partial charge in [0.25, 0.3) is 5.91 Å². The lowest BCUT2D eigenvalue weighted by molar-refractivity contribution is 0.101. The van der Waals surface area contributed by atoms with Gasteiger partial charge in [0.1, 0.15) is 5.69 Å². The number of carbonyl (C=O) groups excluding carboxylic acids is 2. The number of para-hydroxylation sites is 1. The van der Waals surface area contributed by atoms with Gasteiger partial charge in [-0.25, -0.2) is 13.2 Å². The Kier molecular flexibility index (Phi) is 9.31. The van der Waals surface area contributed by atoms with Gasteiger partial charge < -0.3 is 24.8 Å². The Morgan fingerprint density at radius 3 is 2.26 bits per heavy atom. The van der Waals surface area contributed by atoms with Crippen molar-refractivity contribution in [2.75, 3.05) is 49.6 Å². The van der Waals surface area contributed by atoms with Crippen molar-refractivity contribution in [3.8, 4) is 5.75 Å². The summed E-state index contributed by atoms with van der Waals surface area (Å²) in [5, 5.41) is 6.87. The van der Waals surface area contributed by atoms with Crippen LogP contribution in [0.4, 0.5) is 16.2 Å². The molecule has 11 nitrogen and oxygen atoms in total. The summed E-state index contributed by atoms with van der Waals surface area (Å²) in [4.78, 5) is 30.3. The first-order valence-corrected chi connectivity index (χ1v) is 16.3. The number of ether oxygens (including phenoxy) is 1. The fraction of sp³-hybridized carbons (Fsp3) is 0.484. The second kappa shape index (κ2) is 12.5. The van der Waals surface area contributed by atoms with Crippen LogP contribution in [-0.4, -0.2) is 80.3 Å². The maximum absolute atomic E-state index is 13.7. The summed E-state index contributed by atoms with van der Waals surface area (Å²) in [5.41, 5.74) is 3.64. The van der Waals surface area contributed by atoms with Crippen LogP contribution in [0.3, 0.4) is 0 Å². The number of benzene rings is 2. The third-order valence-electron chi connectivity index (χ3n) is 7.54. The number of hydrogen-bond donors (Lipinski definition) is 3. The summed E-state index contributed by atoms with van der Waals surface area (Å²) in [6.07, 6.45) is 1.07. The van der Waals surface area contributed by atoms with Gasteiger partial charge in [0.2, 0.25) is 10.0 Å². The minimum absolute atomic E-state index is 0.0290. The maximum Gasteiger partial charge on any atom is 0.317 e. The highest BCUT2D eigenvalue weighted by Crippen LogP contribution is 2.39. The second-order valence-corrected chi connectivity index (χ2v) is 14.2. The van der Waals surface area contributed by atoms with Crippen LogP contribution in [0.15, 0.2) is 36.4 Å². The number of anilines is 2. The van der Waals surface area contributed by atoms with Crippen LogP contribution in [-0.2, 0) is 29.0 Å². The molecule has 0 radical (unpaired) electrons. The molecule has 0 spiro atoms. The molecule has 0 bridgehead atoms. The molecule has 1 aliphatic rings. The second-order valence-electron chi connectivity index (χ2n) is 12.5. The van der Waals surface area contributed by atoms with E-state index in [0.717, 1.165) is 41.4 Å². The minimum atomic E-state index is -3.60. The lowest BCUT2D eigenvalue weighted by atomic mass is 9.86. The minimum Gasteiger partial charge on any atom is -0.492 e. The zero-order valence-electron chi connectivity index (χ0n) is 26.4. The predicted octanol–water partition coefficient (Wildman–Crippen LogP) is 4.34. The third-order valence-corrected chi connectivity index (χ3v) is 8.13. The van der Waals surface area contributed by atoms with E-state index in [0.29, 0.717) is 31.0 Å². The molecule has 0 saturated carbocycles. The number of aromatic nitrogens is 1. The van der Waals surface area contributed by atoms with E-state index >= 15 is 0 Å². The summed E-state index contributed by atoms with van der Waals surface area (Å²) < 4.78 is 34.2. The van der Waals surface area contributed by atoms with Crippen molar-refractivity contribution in [2.24, 2.45) is 7.05 Å². The lowest BCUT2D eigenvalue weighted by Gasteiger charge is -2.35. The summed E-state index contributed by atoms with van der Waals surface area (Å²) >= 11 is 0. The largest absolute Gasteiger partial charge is 0.492 e. The highest BCUT2D eigenvalue weighted by Gasteiger charge is 2.25. The number of amides is 3. The molecular formula is C31H44N6O5S. The number of hydrogen-bond acceptors (Lipinski definition) is 6. The molecule has 1 saturated heterocycles. The quantitative estimate of drug-likeness (QED) is 0.348. The van der Waals surface area contributed by atoms with Crippen molar-refractivity contribution in [1.82, 2.24) is 19.7 Å². The number of sulfonamides is 1. The van der Waals surface area contributed by atoms with Gasteiger partial charge in [0.05, 0.1) is 30.3 Å². The van der Waals surface area contributed by atoms with Crippen LogP contribution < -0.4 is 20.1 Å². The fourth-order valence-electron chi connectivity index (χ4n) is 5.37. The average molecular weight is 613 g/mol. The van der Waals surface area contributed by atoms with Crippen molar-refractivity contribution in [3.63, 3.8) is 0 Å². The zero-order valence-corrected chi connectivity index (χ0v) is 27.2. The van der Waals surface area contributed by atoms with Gasteiger partial charge in [-0.15, -0.1) is 0 Å². The molecule has 0 atom stereocenters. The van der Waals surface area contributed by atoms with Crippen LogP contribution in [0.1, 0.15) is 56.2 Å². The summed E-state index contributed by atoms with van der Waals surface area (Å²) in [6, 6.07) is 11.5. The van der Waals surface area contributed by atoms with Gasteiger partial charge in [-0.2, -0.15) is 0 Å². The van der Waals surface area contributed by atoms with Crippen LogP contribution >= 0.6 is 0 Å². The van der Waals surface area contributed by atoms with Gasteiger partial charge in [-0.1, -0.05) is 39.0 Å². The average Bonchev–Trinajstić information content (AvgIpc) is 3.24. The third kappa shape index (κ3) is 7.61. The standard InChI is InChI=1S/C31H44N6O5S/c1-20(2)32-30(39)37-14-12-36(13-15-37)19-22-11-9-10-21-16-26(35(6)27(21)22)29(38)33-24-17-23(31(3,4)5)18-25(28(24)42-7)34-43(8,40)41/h9-11,16-18,20,34H,12-15,19H2,1-8H3,(H,32,39)(H,33,38). The molecular weight excluding hydrogens is 568 g/mol. The van der Waals surface area contributed by atoms with Gasteiger partial charge in [0, 0.05) is 51.2 Å². The number of nitrogens with zero attached hydrogens (tertiary/aromatic N) is 3. The normalized spacial score (nSPS) is 14.7. The predicted molar refractivity (Wildman–Crippen MR) is 172 cm³/mol. The number of piperazine rings is 1. The molecule has 0 unspecified atom stereocenters. The Morgan fingerprint density at radius 1 is 1.02 bits per heavy atom. The van der Waals surface area contributed by atoms with Crippen LogP contribution in [0.25, 0.3) is 10.9 Å². The summed E-state index contributed by atoms with van der Waals surface area (Å²) in [5.74, 6) is -0.114. The van der Waals surface area contributed by atoms with E-state index in [-0.39, 0.29) is 34.8 Å². The van der Waals surface area contributed by atoms with E-state index in [1.54, 1.807) is 6.07 Å². The molecule has 3 aromatic rings. The van der Waals surface area contributed by atoms with Crippen molar-refractivity contribution >= 4 is 44.2 Å². The van der Waals surface area contributed by atoms with Crippen molar-refractivity contribution in [1.29, 1.82) is 0 Å². The number of rotatable bonds is 8. The van der Waals surface area contributed by atoms with E-state index in [1.807, 2.05) is 75.4 Å². The van der Waals surface area contributed by atoms with Gasteiger partial charge in [-0.3, -0.25) is 14.4 Å². The summed E-state index contributed by atoms with van der Waals surface area (Å²) in [6.45, 7) is 13.5. The zero-order chi connectivity index (χ0) is 31.7. The van der Waals surface area contributed by atoms with Gasteiger partial charge >= 0.3 is 6.03 Å². The van der Waals surface area contributed by atoms with Crippen LogP contribution in [0.2, 0.25) is 0 Å². The molecule has 4 rings (SSSR count). The Balaban J connectivity index is 1.60. The number of carbonyl (C=O) groups is 2. The Labute approximate surface area is 254 Å². The van der Waals surface area contributed by atoms with E-state index in [9.17, 15) is 18.0 Å². The van der Waals surface area contributed by atoms with Crippen LogP contribution in [0, 0.1) is 0 Å². The molecule has 2 heterocycles. The first-order valence-electron chi connectivity index (χ1n) is 14.4. The SMILES string of the molecule is COc1c(NC(=O)c2cc3cccc(CN4CCN(C(=O)NC(C)C)CC4)c3n2C)cc(C(C)(C)C)cc1NS(C)(=O)=O. The van der Waals surface area contributed by atoms with Crippen molar-refractivity contribution in [3.05, 3.63) is 53.2 Å². The Morgan fingerprint density at radius 2 is 1.67 bits per heavy atom. The van der Waals surface area contributed by atoms with E-state index < -0.39 is 10.0 Å². The molecule has 12 heteroatoms. The number of nitrogens with one attached hydrogen (secondary N) is 3. The molecule has 2 aromatic carbocycles. The number of aryl methyl sites for hydroxylation is 1. The Hall–Kier alpha value is -3.77. The van der Waals surface area contributed by atoms with Gasteiger partial charge in [-0.05, 0) is 48.6 Å². The molecule has 1 fully saturated rings. The molecule has 1 aliphatic heterocycles. The molecule has 3 amide bonds. The van der Waals surface area contributed by atoms with E-state index in [4.69, 9.17) is 4.74 Å². The summed E-state index contributed by atoms with van der Waals surface area (Å²) in [7, 11) is -0.287. The maximum atomic E-state index is 13.7. The first-order chi connectivity index (χ1) is 20.1. The number of fused-ring (bicyclic) bond motifs is 1. The molecule has 1 aromatic heterocycles. The fourth-order valence-corrected chi connectivity index (χ4v) is 5.92. The lowest BCUT2D eigenvalue weighted by Crippen LogP contribution is -2.52. The molecule has 3 N–H and O–H groups in total. The first kappa shape index (κ1) is 32.2. The molecule has 234 valence electrons. The van der Waals surface area contributed by atoms with E-state index in [2.05, 4.69) is 26.3 Å². The highest BCUT2D eigenvalue weighted by atomic mass is 32.2. The van der Waals surface area contributed by atoms with Crippen LogP contribution in [0.5, 0.6) is 5.75 Å². The van der Waals surface area contributed by atoms with E-state index in [1.165, 1.54) is 7.11 Å². The van der Waals surface area contributed by atoms with Gasteiger partial charge in [0.15, 0.2) is 5.75 Å². The van der Waals surface area contributed by atoms with Crippen molar-refractivity contribution < 1.29 is 22.7 Å². The monoisotopic (exact) mass is 612 g/mol. The highest BCUT2D eigenvalue weighted by molar-refractivity contribution is 7.92. The molecule has 43 heavy (non-hydrogen) atoms. The van der Waals surface area contributed by atoms with Crippen molar-refractivity contribution in [2.45, 2.75) is 52.6 Å². The Bertz CT molecular complexity index is 1620. The molecule has 0 aliphatic carbocycles. The number of methoxy groups -OCH3 is 1. The topological polar surface area (TPSA) is 125 Å². The smallest absolute Gasteiger partial charge is 0.317 e.